The fourth-order valence-electron chi connectivity index (χ4n) is 3.08. The molecular weight excluding hydrogens is 378 g/mol. The third kappa shape index (κ3) is 3.42. The lowest BCUT2D eigenvalue weighted by Gasteiger charge is -2.18. The van der Waals surface area contributed by atoms with Crippen molar-refractivity contribution in [2.45, 2.75) is 26.2 Å². The summed E-state index contributed by atoms with van der Waals surface area (Å²) in [6.07, 6.45) is 2.57. The fraction of sp³-hybridized carbons (Fsp3) is 0.294. The van der Waals surface area contributed by atoms with Crippen LogP contribution < -0.4 is 11.1 Å². The van der Waals surface area contributed by atoms with Crippen LogP contribution in [-0.4, -0.2) is 16.7 Å². The molecule has 1 aromatic heterocycles. The number of halogens is 1. The van der Waals surface area contributed by atoms with Crippen LogP contribution in [0.2, 0.25) is 5.02 Å². The first-order chi connectivity index (χ1) is 12.3. The SMILES string of the molecule is CC1CCc2sc(NC(=O)c3cc([N+](=O)[O-])ccc3Cl)c(C(N)=O)c2C1. The quantitative estimate of drug-likeness (QED) is 0.607. The molecule has 2 amide bonds. The zero-order valence-electron chi connectivity index (χ0n) is 13.9. The predicted octanol–water partition coefficient (Wildman–Crippen LogP) is 3.79. The summed E-state index contributed by atoms with van der Waals surface area (Å²) in [5.74, 6) is -0.783. The number of nitrogens with one attached hydrogen (secondary N) is 1. The van der Waals surface area contributed by atoms with Crippen molar-refractivity contribution < 1.29 is 14.5 Å². The number of nitro benzene ring substituents is 1. The van der Waals surface area contributed by atoms with Gasteiger partial charge in [-0.2, -0.15) is 0 Å². The molecule has 7 nitrogen and oxygen atoms in total. The second-order valence-corrected chi connectivity index (χ2v) is 7.81. The number of carbonyl (C=O) groups excluding carboxylic acids is 2. The summed E-state index contributed by atoms with van der Waals surface area (Å²) in [5.41, 5.74) is 6.48. The first-order valence-electron chi connectivity index (χ1n) is 7.97. The van der Waals surface area contributed by atoms with Crippen molar-refractivity contribution >= 4 is 45.4 Å². The Hall–Kier alpha value is -2.45. The van der Waals surface area contributed by atoms with Gasteiger partial charge in [-0.1, -0.05) is 18.5 Å². The highest BCUT2D eigenvalue weighted by Gasteiger charge is 2.28. The average molecular weight is 394 g/mol. The van der Waals surface area contributed by atoms with Crippen LogP contribution >= 0.6 is 22.9 Å². The van der Waals surface area contributed by atoms with E-state index in [0.29, 0.717) is 16.5 Å². The highest BCUT2D eigenvalue weighted by Crippen LogP contribution is 2.39. The van der Waals surface area contributed by atoms with E-state index < -0.39 is 16.7 Å². The van der Waals surface area contributed by atoms with E-state index in [9.17, 15) is 19.7 Å². The predicted molar refractivity (Wildman–Crippen MR) is 100 cm³/mol. The molecular formula is C17H16ClN3O4S. The highest BCUT2D eigenvalue weighted by atomic mass is 35.5. The number of hydrogen-bond acceptors (Lipinski definition) is 5. The molecule has 0 aliphatic heterocycles. The Morgan fingerprint density at radius 2 is 2.15 bits per heavy atom. The highest BCUT2D eigenvalue weighted by molar-refractivity contribution is 7.17. The van der Waals surface area contributed by atoms with Crippen LogP contribution in [0, 0.1) is 16.0 Å². The third-order valence-electron chi connectivity index (χ3n) is 4.39. The van der Waals surface area contributed by atoms with Crippen molar-refractivity contribution in [1.82, 2.24) is 0 Å². The van der Waals surface area contributed by atoms with E-state index in [4.69, 9.17) is 17.3 Å². The molecule has 0 spiro atoms. The lowest BCUT2D eigenvalue weighted by atomic mass is 9.87. The Balaban J connectivity index is 1.97. The lowest BCUT2D eigenvalue weighted by Crippen LogP contribution is -2.20. The molecule has 0 bridgehead atoms. The molecule has 1 atom stereocenters. The molecule has 1 aliphatic rings. The van der Waals surface area contributed by atoms with E-state index in [1.807, 2.05) is 0 Å². The molecule has 0 saturated heterocycles. The van der Waals surface area contributed by atoms with Gasteiger partial charge >= 0.3 is 0 Å². The maximum atomic E-state index is 12.6. The molecule has 9 heteroatoms. The van der Waals surface area contributed by atoms with Gasteiger partial charge < -0.3 is 11.1 Å². The summed E-state index contributed by atoms with van der Waals surface area (Å²) in [6, 6.07) is 3.63. The molecule has 1 aromatic carbocycles. The number of hydrogen-bond donors (Lipinski definition) is 2. The first kappa shape index (κ1) is 18.3. The van der Waals surface area contributed by atoms with Gasteiger partial charge in [0.15, 0.2) is 0 Å². The summed E-state index contributed by atoms with van der Waals surface area (Å²) in [6.45, 7) is 2.10. The van der Waals surface area contributed by atoms with Crippen molar-refractivity contribution in [1.29, 1.82) is 0 Å². The largest absolute Gasteiger partial charge is 0.365 e. The zero-order valence-corrected chi connectivity index (χ0v) is 15.4. The van der Waals surface area contributed by atoms with E-state index in [1.54, 1.807) is 0 Å². The number of fused-ring (bicyclic) bond motifs is 1. The van der Waals surface area contributed by atoms with Crippen LogP contribution in [0.15, 0.2) is 18.2 Å². The number of carbonyl (C=O) groups is 2. The van der Waals surface area contributed by atoms with E-state index >= 15 is 0 Å². The van der Waals surface area contributed by atoms with E-state index in [2.05, 4.69) is 12.2 Å². The zero-order chi connectivity index (χ0) is 19.0. The van der Waals surface area contributed by atoms with Crippen molar-refractivity contribution in [2.75, 3.05) is 5.32 Å². The number of thiophene rings is 1. The maximum absolute atomic E-state index is 12.6. The van der Waals surface area contributed by atoms with Crippen molar-refractivity contribution in [3.05, 3.63) is 54.9 Å². The molecule has 1 heterocycles. The van der Waals surface area contributed by atoms with Gasteiger partial charge in [0.2, 0.25) is 0 Å². The number of anilines is 1. The van der Waals surface area contributed by atoms with Gasteiger partial charge in [-0.15, -0.1) is 11.3 Å². The van der Waals surface area contributed by atoms with Gasteiger partial charge in [-0.25, -0.2) is 0 Å². The summed E-state index contributed by atoms with van der Waals surface area (Å²) in [4.78, 5) is 35.9. The first-order valence-corrected chi connectivity index (χ1v) is 9.17. The molecule has 0 fully saturated rings. The van der Waals surface area contributed by atoms with E-state index in [1.165, 1.54) is 23.5 Å². The van der Waals surface area contributed by atoms with Gasteiger partial charge in [-0.05, 0) is 36.8 Å². The van der Waals surface area contributed by atoms with Crippen LogP contribution in [0.25, 0.3) is 0 Å². The minimum atomic E-state index is -0.618. The smallest absolute Gasteiger partial charge is 0.270 e. The number of nitrogens with zero attached hydrogens (tertiary/aromatic N) is 1. The second-order valence-electron chi connectivity index (χ2n) is 6.30. The minimum absolute atomic E-state index is 0.0315. The minimum Gasteiger partial charge on any atom is -0.365 e. The van der Waals surface area contributed by atoms with Gasteiger partial charge in [-0.3, -0.25) is 19.7 Å². The van der Waals surface area contributed by atoms with Gasteiger partial charge in [0, 0.05) is 17.0 Å². The van der Waals surface area contributed by atoms with Crippen LogP contribution in [0.4, 0.5) is 10.7 Å². The third-order valence-corrected chi connectivity index (χ3v) is 5.92. The Morgan fingerprint density at radius 3 is 2.81 bits per heavy atom. The monoisotopic (exact) mass is 393 g/mol. The van der Waals surface area contributed by atoms with Crippen molar-refractivity contribution in [3.63, 3.8) is 0 Å². The second kappa shape index (κ2) is 7.05. The number of benzene rings is 1. The summed E-state index contributed by atoms with van der Waals surface area (Å²) >= 11 is 7.33. The normalized spacial score (nSPS) is 16.0. The Morgan fingerprint density at radius 1 is 1.42 bits per heavy atom. The lowest BCUT2D eigenvalue weighted by molar-refractivity contribution is -0.384. The summed E-state index contributed by atoms with van der Waals surface area (Å²) < 4.78 is 0. The van der Waals surface area contributed by atoms with Gasteiger partial charge in [0.05, 0.1) is 21.1 Å². The Labute approximate surface area is 158 Å². The van der Waals surface area contributed by atoms with Crippen molar-refractivity contribution in [2.24, 2.45) is 11.7 Å². The number of primary amides is 1. The van der Waals surface area contributed by atoms with Crippen molar-refractivity contribution in [3.8, 4) is 0 Å². The van der Waals surface area contributed by atoms with Crippen LogP contribution in [0.3, 0.4) is 0 Å². The fourth-order valence-corrected chi connectivity index (χ4v) is 4.53. The average Bonchev–Trinajstić information content (AvgIpc) is 2.91. The molecule has 3 rings (SSSR count). The van der Waals surface area contributed by atoms with Gasteiger partial charge in [0.25, 0.3) is 17.5 Å². The number of amides is 2. The standard InChI is InChI=1S/C17H16ClN3O4S/c1-8-2-5-13-11(6-8)14(15(19)22)17(26-13)20-16(23)10-7-9(21(24)25)3-4-12(10)18/h3-4,7-8H,2,5-6H2,1H3,(H2,19,22)(H,20,23). The summed E-state index contributed by atoms with van der Waals surface area (Å²) in [5, 5.41) is 14.0. The molecule has 1 unspecified atom stereocenters. The Bertz CT molecular complexity index is 925. The van der Waals surface area contributed by atoms with E-state index in [0.717, 1.165) is 35.8 Å². The number of aryl methyl sites for hydroxylation is 1. The number of nitrogens with two attached hydrogens (primary N) is 1. The van der Waals surface area contributed by atoms with Crippen LogP contribution in [0.5, 0.6) is 0 Å². The van der Waals surface area contributed by atoms with Gasteiger partial charge in [0.1, 0.15) is 5.00 Å². The van der Waals surface area contributed by atoms with Crippen LogP contribution in [0.1, 0.15) is 44.5 Å². The topological polar surface area (TPSA) is 115 Å². The molecule has 136 valence electrons. The maximum Gasteiger partial charge on any atom is 0.270 e. The van der Waals surface area contributed by atoms with Crippen LogP contribution in [-0.2, 0) is 12.8 Å². The molecule has 26 heavy (non-hydrogen) atoms. The Kier molecular flexibility index (Phi) is 4.97. The molecule has 3 N–H and O–H groups in total. The summed E-state index contributed by atoms with van der Waals surface area (Å²) in [7, 11) is 0. The molecule has 2 aromatic rings. The number of rotatable bonds is 4. The van der Waals surface area contributed by atoms with E-state index in [-0.39, 0.29) is 16.3 Å². The molecule has 0 radical (unpaired) electrons. The number of non-ortho nitro benzene ring substituents is 1. The molecule has 0 saturated carbocycles. The number of nitro groups is 1. The molecule has 1 aliphatic carbocycles.